The summed E-state index contributed by atoms with van der Waals surface area (Å²) in [7, 11) is 0. The molecule has 13 heavy (non-hydrogen) atoms. The monoisotopic (exact) mass is 182 g/mol. The Kier molecular flexibility index (Phi) is 9.13. The molecule has 0 radical (unpaired) electrons. The van der Waals surface area contributed by atoms with E-state index < -0.39 is 0 Å². The molecule has 0 aliphatic carbocycles. The normalized spacial score (nSPS) is 12.4. The maximum Gasteiger partial charge on any atom is 0.0952 e. The van der Waals surface area contributed by atoms with Crippen LogP contribution in [0.25, 0.3) is 0 Å². The zero-order valence-corrected chi connectivity index (χ0v) is 8.97. The van der Waals surface area contributed by atoms with Gasteiger partial charge in [0.25, 0.3) is 0 Å². The lowest BCUT2D eigenvalue weighted by molar-refractivity contribution is 0.529. The minimum Gasteiger partial charge on any atom is -0.302 e. The van der Waals surface area contributed by atoms with E-state index in [-0.39, 0.29) is 6.04 Å². The first-order chi connectivity index (χ1) is 6.35. The van der Waals surface area contributed by atoms with Crippen molar-refractivity contribution in [3.63, 3.8) is 0 Å². The van der Waals surface area contributed by atoms with Crippen molar-refractivity contribution in [3.8, 4) is 6.07 Å². The molecule has 0 fully saturated rings. The Bertz CT molecular complexity index is 138. The molecule has 0 aromatic heterocycles. The van der Waals surface area contributed by atoms with E-state index >= 15 is 0 Å². The van der Waals surface area contributed by atoms with Crippen LogP contribution in [0.15, 0.2) is 0 Å². The van der Waals surface area contributed by atoms with Crippen LogP contribution >= 0.6 is 0 Å². The average molecular weight is 182 g/mol. The smallest absolute Gasteiger partial charge is 0.0952 e. The predicted molar refractivity (Wildman–Crippen MR) is 56.5 cm³/mol. The summed E-state index contributed by atoms with van der Waals surface area (Å²) in [6, 6.07) is 2.36. The second kappa shape index (κ2) is 9.54. The van der Waals surface area contributed by atoms with E-state index in [4.69, 9.17) is 5.26 Å². The third-order valence-corrected chi connectivity index (χ3v) is 2.20. The van der Waals surface area contributed by atoms with Crippen molar-refractivity contribution in [3.05, 3.63) is 0 Å². The highest BCUT2D eigenvalue weighted by Crippen LogP contribution is 2.06. The summed E-state index contributed by atoms with van der Waals surface area (Å²) >= 11 is 0. The van der Waals surface area contributed by atoms with Crippen LogP contribution in [-0.4, -0.2) is 12.6 Å². The topological polar surface area (TPSA) is 35.8 Å². The molecule has 0 spiro atoms. The zero-order valence-electron chi connectivity index (χ0n) is 8.97. The lowest BCUT2D eigenvalue weighted by atomic mass is 10.1. The van der Waals surface area contributed by atoms with Crippen LogP contribution in [0.2, 0.25) is 0 Å². The van der Waals surface area contributed by atoms with Gasteiger partial charge >= 0.3 is 0 Å². The van der Waals surface area contributed by atoms with Crippen molar-refractivity contribution in [1.29, 1.82) is 5.26 Å². The third kappa shape index (κ3) is 7.80. The van der Waals surface area contributed by atoms with Gasteiger partial charge in [0, 0.05) is 0 Å². The van der Waals surface area contributed by atoms with Crippen molar-refractivity contribution in [2.24, 2.45) is 0 Å². The highest BCUT2D eigenvalue weighted by atomic mass is 14.9. The van der Waals surface area contributed by atoms with Crippen LogP contribution in [0.4, 0.5) is 0 Å². The van der Waals surface area contributed by atoms with E-state index in [1.807, 2.05) is 6.92 Å². The van der Waals surface area contributed by atoms with E-state index in [9.17, 15) is 0 Å². The molecule has 1 unspecified atom stereocenters. The van der Waals surface area contributed by atoms with Crippen molar-refractivity contribution in [2.75, 3.05) is 6.54 Å². The minimum atomic E-state index is 0.0756. The van der Waals surface area contributed by atoms with Gasteiger partial charge in [0.1, 0.15) is 0 Å². The van der Waals surface area contributed by atoms with E-state index in [1.54, 1.807) is 0 Å². The van der Waals surface area contributed by atoms with E-state index in [2.05, 4.69) is 18.3 Å². The van der Waals surface area contributed by atoms with Crippen molar-refractivity contribution in [1.82, 2.24) is 5.32 Å². The summed E-state index contributed by atoms with van der Waals surface area (Å²) in [5.41, 5.74) is 0. The Morgan fingerprint density at radius 3 is 2.38 bits per heavy atom. The second-order valence-corrected chi connectivity index (χ2v) is 3.44. The highest BCUT2D eigenvalue weighted by Gasteiger charge is 2.03. The fourth-order valence-corrected chi connectivity index (χ4v) is 1.41. The lowest BCUT2D eigenvalue weighted by Crippen LogP contribution is -2.26. The summed E-state index contributed by atoms with van der Waals surface area (Å²) in [5.74, 6) is 0. The molecule has 0 saturated carbocycles. The van der Waals surface area contributed by atoms with Crippen LogP contribution in [-0.2, 0) is 0 Å². The van der Waals surface area contributed by atoms with E-state index in [0.29, 0.717) is 0 Å². The number of unbranched alkanes of at least 4 members (excludes halogenated alkanes) is 4. The third-order valence-electron chi connectivity index (χ3n) is 2.20. The fourth-order valence-electron chi connectivity index (χ4n) is 1.41. The summed E-state index contributed by atoms with van der Waals surface area (Å²) in [5, 5.41) is 11.9. The predicted octanol–water partition coefficient (Wildman–Crippen LogP) is 2.85. The first-order valence-electron chi connectivity index (χ1n) is 5.48. The molecular weight excluding hydrogens is 160 g/mol. The number of rotatable bonds is 8. The second-order valence-electron chi connectivity index (χ2n) is 3.44. The molecular formula is C11H22N2. The van der Waals surface area contributed by atoms with Gasteiger partial charge in [-0.25, -0.2) is 0 Å². The quantitative estimate of drug-likeness (QED) is 0.586. The molecule has 0 heterocycles. The summed E-state index contributed by atoms with van der Waals surface area (Å²) in [6.07, 6.45) is 7.41. The van der Waals surface area contributed by atoms with Gasteiger partial charge in [0.05, 0.1) is 12.1 Å². The van der Waals surface area contributed by atoms with Crippen LogP contribution in [0.5, 0.6) is 0 Å². The van der Waals surface area contributed by atoms with Gasteiger partial charge in [-0.05, 0) is 13.0 Å². The van der Waals surface area contributed by atoms with Crippen LogP contribution in [0.3, 0.4) is 0 Å². The number of nitrogens with one attached hydrogen (secondary N) is 1. The van der Waals surface area contributed by atoms with Crippen LogP contribution in [0, 0.1) is 11.3 Å². The number of nitrogens with zero attached hydrogens (tertiary/aromatic N) is 1. The molecule has 0 amide bonds. The molecule has 1 atom stereocenters. The van der Waals surface area contributed by atoms with Crippen LogP contribution < -0.4 is 5.32 Å². The van der Waals surface area contributed by atoms with Gasteiger partial charge in [-0.2, -0.15) is 5.26 Å². The molecule has 0 aliphatic rings. The summed E-state index contributed by atoms with van der Waals surface area (Å²) in [6.45, 7) is 5.16. The molecule has 0 rings (SSSR count). The van der Waals surface area contributed by atoms with Gasteiger partial charge < -0.3 is 5.32 Å². The summed E-state index contributed by atoms with van der Waals surface area (Å²) in [4.78, 5) is 0. The Morgan fingerprint density at radius 2 is 1.85 bits per heavy atom. The highest BCUT2D eigenvalue weighted by molar-refractivity contribution is 4.88. The zero-order chi connectivity index (χ0) is 9.94. The van der Waals surface area contributed by atoms with Crippen molar-refractivity contribution < 1.29 is 0 Å². The maximum atomic E-state index is 8.75. The van der Waals surface area contributed by atoms with E-state index in [1.165, 1.54) is 32.1 Å². The first kappa shape index (κ1) is 12.4. The van der Waals surface area contributed by atoms with Gasteiger partial charge in [-0.15, -0.1) is 0 Å². The standard InChI is InChI=1S/C11H22N2/c1-3-5-6-7-8-9-11(10-12)13-4-2/h11,13H,3-9H2,1-2H3. The van der Waals surface area contributed by atoms with Gasteiger partial charge in [0.2, 0.25) is 0 Å². The molecule has 0 bridgehead atoms. The average Bonchev–Trinajstić information content (AvgIpc) is 2.16. The Balaban J connectivity index is 3.24. The molecule has 0 aromatic carbocycles. The molecule has 0 aliphatic heterocycles. The first-order valence-corrected chi connectivity index (χ1v) is 5.48. The largest absolute Gasteiger partial charge is 0.302 e. The minimum absolute atomic E-state index is 0.0756. The summed E-state index contributed by atoms with van der Waals surface area (Å²) < 4.78 is 0. The number of nitriles is 1. The molecule has 76 valence electrons. The Hall–Kier alpha value is -0.550. The van der Waals surface area contributed by atoms with E-state index in [0.717, 1.165) is 13.0 Å². The molecule has 1 N–H and O–H groups in total. The van der Waals surface area contributed by atoms with Gasteiger partial charge in [-0.1, -0.05) is 46.0 Å². The number of hydrogen-bond donors (Lipinski definition) is 1. The number of hydrogen-bond acceptors (Lipinski definition) is 2. The molecule has 0 aromatic rings. The molecule has 2 nitrogen and oxygen atoms in total. The van der Waals surface area contributed by atoms with Crippen LogP contribution in [0.1, 0.15) is 52.4 Å². The lowest BCUT2D eigenvalue weighted by Gasteiger charge is -2.08. The Labute approximate surface area is 82.3 Å². The molecule has 0 saturated heterocycles. The van der Waals surface area contributed by atoms with Crippen molar-refractivity contribution >= 4 is 0 Å². The van der Waals surface area contributed by atoms with Crippen molar-refractivity contribution in [2.45, 2.75) is 58.4 Å². The SMILES string of the molecule is CCCCCCCC(C#N)NCC. The van der Waals surface area contributed by atoms with Gasteiger partial charge in [-0.3, -0.25) is 0 Å². The maximum absolute atomic E-state index is 8.75. The molecule has 2 heteroatoms. The fraction of sp³-hybridized carbons (Fsp3) is 0.909. The Morgan fingerprint density at radius 1 is 1.15 bits per heavy atom. The van der Waals surface area contributed by atoms with Gasteiger partial charge in [0.15, 0.2) is 0 Å².